The number of rotatable bonds is 14. The highest BCUT2D eigenvalue weighted by Gasteiger charge is 2.13. The molecule has 0 unspecified atom stereocenters. The lowest BCUT2D eigenvalue weighted by Crippen LogP contribution is -2.25. The number of hydrogen-bond donors (Lipinski definition) is 2. The van der Waals surface area contributed by atoms with Crippen molar-refractivity contribution in [3.63, 3.8) is 0 Å². The zero-order valence-electron chi connectivity index (χ0n) is 22.5. The largest absolute Gasteiger partial charge is 0.493 e. The van der Waals surface area contributed by atoms with Gasteiger partial charge in [-0.05, 0) is 66.4 Å². The van der Waals surface area contributed by atoms with Crippen LogP contribution in [0.2, 0.25) is 0 Å². The van der Waals surface area contributed by atoms with Crippen molar-refractivity contribution < 1.29 is 28.5 Å². The van der Waals surface area contributed by atoms with Crippen LogP contribution in [0.1, 0.15) is 58.5 Å². The molecule has 38 heavy (non-hydrogen) atoms. The van der Waals surface area contributed by atoms with Gasteiger partial charge in [0.05, 0.1) is 27.4 Å². The fourth-order valence-electron chi connectivity index (χ4n) is 3.68. The van der Waals surface area contributed by atoms with E-state index in [-0.39, 0.29) is 11.8 Å². The molecule has 8 nitrogen and oxygen atoms in total. The van der Waals surface area contributed by atoms with Crippen molar-refractivity contribution in [2.24, 2.45) is 0 Å². The Hall–Kier alpha value is -4.20. The molecule has 0 radical (unpaired) electrons. The van der Waals surface area contributed by atoms with Gasteiger partial charge >= 0.3 is 0 Å². The molecule has 2 N–H and O–H groups in total. The van der Waals surface area contributed by atoms with Crippen LogP contribution in [0, 0.1) is 0 Å². The Morgan fingerprint density at radius 1 is 0.632 bits per heavy atom. The van der Waals surface area contributed by atoms with Crippen molar-refractivity contribution >= 4 is 11.8 Å². The molecule has 0 saturated heterocycles. The van der Waals surface area contributed by atoms with Crippen LogP contribution in [0.15, 0.2) is 60.7 Å². The van der Waals surface area contributed by atoms with E-state index < -0.39 is 0 Å². The quantitative estimate of drug-likeness (QED) is 0.306. The van der Waals surface area contributed by atoms with Gasteiger partial charge < -0.3 is 29.6 Å². The number of ether oxygens (including phenoxy) is 4. The van der Waals surface area contributed by atoms with Crippen molar-refractivity contribution in [3.8, 4) is 23.0 Å². The standard InChI is InChI=1S/C30H36N2O6/c1-5-14-37-25-12-10-21(16-27(25)35-3)19-31-29(33)23-8-7-9-24(18-23)30(34)32-20-22-11-13-26(38-15-6-2)28(17-22)36-4/h7-13,16-18H,5-6,14-15,19-20H2,1-4H3,(H,31,33)(H,32,34). The first kappa shape index (κ1) is 28.4. The van der Waals surface area contributed by atoms with Crippen LogP contribution in [0.4, 0.5) is 0 Å². The number of nitrogens with one attached hydrogen (secondary N) is 2. The van der Waals surface area contributed by atoms with Gasteiger partial charge in [-0.2, -0.15) is 0 Å². The predicted octanol–water partition coefficient (Wildman–Crippen LogP) is 5.14. The van der Waals surface area contributed by atoms with Crippen LogP contribution in [0.3, 0.4) is 0 Å². The highest BCUT2D eigenvalue weighted by molar-refractivity contribution is 5.99. The number of methoxy groups -OCH3 is 2. The molecule has 0 aliphatic carbocycles. The Kier molecular flexibility index (Phi) is 10.8. The summed E-state index contributed by atoms with van der Waals surface area (Å²) in [5.41, 5.74) is 2.53. The molecule has 0 atom stereocenters. The summed E-state index contributed by atoms with van der Waals surface area (Å²) in [7, 11) is 3.17. The highest BCUT2D eigenvalue weighted by Crippen LogP contribution is 2.29. The second kappa shape index (κ2) is 14.5. The van der Waals surface area contributed by atoms with E-state index in [0.717, 1.165) is 24.0 Å². The molecular formula is C30H36N2O6. The van der Waals surface area contributed by atoms with E-state index >= 15 is 0 Å². The van der Waals surface area contributed by atoms with Crippen LogP contribution in [-0.2, 0) is 13.1 Å². The third kappa shape index (κ3) is 7.90. The maximum absolute atomic E-state index is 12.8. The summed E-state index contributed by atoms with van der Waals surface area (Å²) in [5.74, 6) is 2.01. The minimum absolute atomic E-state index is 0.280. The van der Waals surface area contributed by atoms with Crippen LogP contribution in [0.5, 0.6) is 23.0 Å². The first-order valence-corrected chi connectivity index (χ1v) is 12.7. The van der Waals surface area contributed by atoms with Gasteiger partial charge in [-0.3, -0.25) is 9.59 Å². The van der Waals surface area contributed by atoms with Gasteiger partial charge in [0.1, 0.15) is 0 Å². The number of amides is 2. The third-order valence-corrected chi connectivity index (χ3v) is 5.67. The lowest BCUT2D eigenvalue weighted by Gasteiger charge is -2.13. The van der Waals surface area contributed by atoms with Crippen LogP contribution in [-0.4, -0.2) is 39.2 Å². The smallest absolute Gasteiger partial charge is 0.251 e. The van der Waals surface area contributed by atoms with Crippen LogP contribution < -0.4 is 29.6 Å². The topological polar surface area (TPSA) is 95.1 Å². The van der Waals surface area contributed by atoms with Gasteiger partial charge in [0.25, 0.3) is 11.8 Å². The summed E-state index contributed by atoms with van der Waals surface area (Å²) in [6.45, 7) is 5.89. The van der Waals surface area contributed by atoms with Gasteiger partial charge in [0.2, 0.25) is 0 Å². The van der Waals surface area contributed by atoms with Gasteiger partial charge in [-0.1, -0.05) is 32.0 Å². The Morgan fingerprint density at radius 3 is 1.47 bits per heavy atom. The fourth-order valence-corrected chi connectivity index (χ4v) is 3.68. The molecule has 0 saturated carbocycles. The van der Waals surface area contributed by atoms with Gasteiger partial charge in [0.15, 0.2) is 23.0 Å². The molecule has 3 rings (SSSR count). The number of carbonyl (C=O) groups excluding carboxylic acids is 2. The van der Waals surface area contributed by atoms with Crippen molar-refractivity contribution in [2.75, 3.05) is 27.4 Å². The highest BCUT2D eigenvalue weighted by atomic mass is 16.5. The minimum Gasteiger partial charge on any atom is -0.493 e. The Bertz CT molecular complexity index is 1140. The van der Waals surface area contributed by atoms with Gasteiger partial charge in [-0.15, -0.1) is 0 Å². The summed E-state index contributed by atoms with van der Waals surface area (Å²) in [6, 6.07) is 17.7. The van der Waals surface area contributed by atoms with Gasteiger partial charge in [0, 0.05) is 24.2 Å². The van der Waals surface area contributed by atoms with E-state index in [1.807, 2.05) is 50.2 Å². The van der Waals surface area contributed by atoms with Crippen molar-refractivity contribution in [3.05, 3.63) is 82.9 Å². The van der Waals surface area contributed by atoms with Crippen molar-refractivity contribution in [2.45, 2.75) is 39.8 Å². The zero-order valence-corrected chi connectivity index (χ0v) is 22.5. The zero-order chi connectivity index (χ0) is 27.3. The van der Waals surface area contributed by atoms with E-state index in [0.29, 0.717) is 60.4 Å². The molecule has 0 heterocycles. The molecular weight excluding hydrogens is 484 g/mol. The summed E-state index contributed by atoms with van der Waals surface area (Å²) >= 11 is 0. The molecule has 8 heteroatoms. The van der Waals surface area contributed by atoms with Gasteiger partial charge in [-0.25, -0.2) is 0 Å². The number of hydrogen-bond acceptors (Lipinski definition) is 6. The maximum Gasteiger partial charge on any atom is 0.251 e. The van der Waals surface area contributed by atoms with Crippen molar-refractivity contribution in [1.82, 2.24) is 10.6 Å². The first-order chi connectivity index (χ1) is 18.5. The van der Waals surface area contributed by atoms with E-state index in [1.54, 1.807) is 38.5 Å². The second-order valence-electron chi connectivity index (χ2n) is 8.61. The number of benzene rings is 3. The molecule has 0 spiro atoms. The first-order valence-electron chi connectivity index (χ1n) is 12.7. The summed E-state index contributed by atoms with van der Waals surface area (Å²) in [4.78, 5) is 25.6. The van der Waals surface area contributed by atoms with Crippen LogP contribution >= 0.6 is 0 Å². The second-order valence-corrected chi connectivity index (χ2v) is 8.61. The molecule has 3 aromatic rings. The monoisotopic (exact) mass is 520 g/mol. The van der Waals surface area contributed by atoms with E-state index in [4.69, 9.17) is 18.9 Å². The maximum atomic E-state index is 12.8. The SMILES string of the molecule is CCCOc1ccc(CNC(=O)c2cccc(C(=O)NCc3ccc(OCCC)c(OC)c3)c2)cc1OC. The summed E-state index contributed by atoms with van der Waals surface area (Å²) in [5, 5.41) is 5.79. The average molecular weight is 521 g/mol. The summed E-state index contributed by atoms with van der Waals surface area (Å²) in [6.07, 6.45) is 1.79. The average Bonchev–Trinajstić information content (AvgIpc) is 2.96. The summed E-state index contributed by atoms with van der Waals surface area (Å²) < 4.78 is 22.2. The molecule has 202 valence electrons. The fraction of sp³-hybridized carbons (Fsp3) is 0.333. The molecule has 3 aromatic carbocycles. The Balaban J connectivity index is 1.58. The normalized spacial score (nSPS) is 10.4. The Morgan fingerprint density at radius 2 is 1.08 bits per heavy atom. The Labute approximate surface area is 224 Å². The third-order valence-electron chi connectivity index (χ3n) is 5.67. The molecule has 0 aliphatic rings. The predicted molar refractivity (Wildman–Crippen MR) is 146 cm³/mol. The minimum atomic E-state index is -0.280. The number of carbonyl (C=O) groups is 2. The molecule has 0 aromatic heterocycles. The van der Waals surface area contributed by atoms with E-state index in [1.165, 1.54) is 0 Å². The molecule has 2 amide bonds. The van der Waals surface area contributed by atoms with E-state index in [2.05, 4.69) is 10.6 Å². The molecule has 0 aliphatic heterocycles. The van der Waals surface area contributed by atoms with Crippen molar-refractivity contribution in [1.29, 1.82) is 0 Å². The molecule has 0 bridgehead atoms. The van der Waals surface area contributed by atoms with E-state index in [9.17, 15) is 9.59 Å². The lowest BCUT2D eigenvalue weighted by atomic mass is 10.1. The lowest BCUT2D eigenvalue weighted by molar-refractivity contribution is 0.0950. The molecule has 0 fully saturated rings. The van der Waals surface area contributed by atoms with Crippen LogP contribution in [0.25, 0.3) is 0 Å².